The highest BCUT2D eigenvalue weighted by molar-refractivity contribution is 5.33. The van der Waals surface area contributed by atoms with Crippen molar-refractivity contribution in [3.05, 3.63) is 0 Å². The normalized spacial score (nSPS) is 31.0. The van der Waals surface area contributed by atoms with Gasteiger partial charge in [-0.05, 0) is 18.8 Å². The van der Waals surface area contributed by atoms with Crippen LogP contribution in [0.25, 0.3) is 0 Å². The molecular formula is C9H15NO. The van der Waals surface area contributed by atoms with Crippen LogP contribution in [0.2, 0.25) is 0 Å². The zero-order valence-corrected chi connectivity index (χ0v) is 7.05. The minimum absolute atomic E-state index is 0.284. The first-order valence-electron chi connectivity index (χ1n) is 4.45. The number of isocyanates is 1. The van der Waals surface area contributed by atoms with Crippen molar-refractivity contribution in [3.63, 3.8) is 0 Å². The predicted molar refractivity (Wildman–Crippen MR) is 44.2 cm³/mol. The van der Waals surface area contributed by atoms with Crippen molar-refractivity contribution in [2.24, 2.45) is 10.9 Å². The van der Waals surface area contributed by atoms with Crippen molar-refractivity contribution in [2.45, 2.75) is 45.1 Å². The Balaban J connectivity index is 2.50. The zero-order valence-electron chi connectivity index (χ0n) is 7.05. The van der Waals surface area contributed by atoms with Crippen LogP contribution in [-0.4, -0.2) is 12.1 Å². The molecular weight excluding hydrogens is 138 g/mol. The maximum absolute atomic E-state index is 10.0. The average molecular weight is 153 g/mol. The Morgan fingerprint density at radius 3 is 2.82 bits per heavy atom. The van der Waals surface area contributed by atoms with E-state index in [1.54, 1.807) is 6.08 Å². The molecule has 1 fully saturated rings. The molecule has 0 saturated heterocycles. The minimum atomic E-state index is 0.284. The van der Waals surface area contributed by atoms with Gasteiger partial charge in [0.05, 0.1) is 6.04 Å². The molecule has 1 saturated carbocycles. The van der Waals surface area contributed by atoms with Crippen molar-refractivity contribution in [1.29, 1.82) is 0 Å². The second-order valence-corrected chi connectivity index (χ2v) is 3.24. The van der Waals surface area contributed by atoms with Gasteiger partial charge in [-0.15, -0.1) is 0 Å². The third kappa shape index (κ3) is 2.16. The number of rotatable bonds is 2. The molecule has 0 N–H and O–H groups in total. The van der Waals surface area contributed by atoms with Gasteiger partial charge in [0.2, 0.25) is 6.08 Å². The lowest BCUT2D eigenvalue weighted by atomic mass is 9.83. The molecule has 0 bridgehead atoms. The Hall–Kier alpha value is -0.620. The fraction of sp³-hybridized carbons (Fsp3) is 0.889. The second kappa shape index (κ2) is 4.30. The number of aliphatic imine (C=N–C) groups is 1. The van der Waals surface area contributed by atoms with E-state index in [4.69, 9.17) is 0 Å². The van der Waals surface area contributed by atoms with Crippen molar-refractivity contribution >= 4 is 6.08 Å². The van der Waals surface area contributed by atoms with Gasteiger partial charge >= 0.3 is 0 Å². The van der Waals surface area contributed by atoms with Gasteiger partial charge in [0.25, 0.3) is 0 Å². The van der Waals surface area contributed by atoms with Crippen LogP contribution in [-0.2, 0) is 4.79 Å². The summed E-state index contributed by atoms with van der Waals surface area (Å²) in [5.74, 6) is 0.644. The summed E-state index contributed by atoms with van der Waals surface area (Å²) in [4.78, 5) is 13.9. The van der Waals surface area contributed by atoms with Gasteiger partial charge in [0, 0.05) is 0 Å². The lowest BCUT2D eigenvalue weighted by Gasteiger charge is -2.26. The van der Waals surface area contributed by atoms with Gasteiger partial charge in [-0.3, -0.25) is 0 Å². The van der Waals surface area contributed by atoms with Gasteiger partial charge < -0.3 is 0 Å². The van der Waals surface area contributed by atoms with Crippen LogP contribution in [0.1, 0.15) is 39.0 Å². The van der Waals surface area contributed by atoms with Crippen LogP contribution in [0.15, 0.2) is 4.99 Å². The highest BCUT2D eigenvalue weighted by atomic mass is 16.1. The fourth-order valence-electron chi connectivity index (χ4n) is 1.90. The monoisotopic (exact) mass is 153 g/mol. The van der Waals surface area contributed by atoms with Crippen LogP contribution >= 0.6 is 0 Å². The Labute approximate surface area is 67.7 Å². The van der Waals surface area contributed by atoms with E-state index in [-0.39, 0.29) is 6.04 Å². The molecule has 1 aliphatic rings. The van der Waals surface area contributed by atoms with E-state index in [0.29, 0.717) is 5.92 Å². The standard InChI is InChI=1S/C9H15NO/c1-2-8-5-3-4-6-9(8)10-7-11/h8-9H,2-6H2,1H3/t8-,9-/m1/s1. The molecule has 1 aliphatic carbocycles. The highest BCUT2D eigenvalue weighted by Gasteiger charge is 2.22. The van der Waals surface area contributed by atoms with Crippen LogP contribution < -0.4 is 0 Å². The summed E-state index contributed by atoms with van der Waals surface area (Å²) in [6.45, 7) is 2.17. The Morgan fingerprint density at radius 2 is 2.18 bits per heavy atom. The predicted octanol–water partition coefficient (Wildman–Crippen LogP) is 2.29. The summed E-state index contributed by atoms with van der Waals surface area (Å²) in [5.41, 5.74) is 0. The first kappa shape index (κ1) is 8.48. The summed E-state index contributed by atoms with van der Waals surface area (Å²) in [7, 11) is 0. The lowest BCUT2D eigenvalue weighted by Crippen LogP contribution is -2.22. The maximum Gasteiger partial charge on any atom is 0.235 e. The zero-order chi connectivity index (χ0) is 8.10. The number of carbonyl (C=O) groups excluding carboxylic acids is 1. The molecule has 0 aliphatic heterocycles. The van der Waals surface area contributed by atoms with E-state index in [2.05, 4.69) is 11.9 Å². The molecule has 0 aromatic heterocycles. The molecule has 0 radical (unpaired) electrons. The van der Waals surface area contributed by atoms with E-state index >= 15 is 0 Å². The lowest BCUT2D eigenvalue weighted by molar-refractivity contribution is 0.301. The van der Waals surface area contributed by atoms with Gasteiger partial charge in [-0.1, -0.05) is 26.2 Å². The van der Waals surface area contributed by atoms with E-state index in [9.17, 15) is 4.79 Å². The smallest absolute Gasteiger partial charge is 0.211 e. The molecule has 0 unspecified atom stereocenters. The third-order valence-electron chi connectivity index (χ3n) is 2.61. The summed E-state index contributed by atoms with van der Waals surface area (Å²) in [6.07, 6.45) is 7.70. The first-order valence-corrected chi connectivity index (χ1v) is 4.45. The van der Waals surface area contributed by atoms with Crippen molar-refractivity contribution in [2.75, 3.05) is 0 Å². The molecule has 11 heavy (non-hydrogen) atoms. The minimum Gasteiger partial charge on any atom is -0.211 e. The molecule has 0 amide bonds. The number of nitrogens with zero attached hydrogens (tertiary/aromatic N) is 1. The largest absolute Gasteiger partial charge is 0.235 e. The summed E-state index contributed by atoms with van der Waals surface area (Å²) in [6, 6.07) is 0.284. The molecule has 1 rings (SSSR count). The number of hydrogen-bond donors (Lipinski definition) is 0. The van der Waals surface area contributed by atoms with Gasteiger partial charge in [-0.25, -0.2) is 9.79 Å². The molecule has 2 atom stereocenters. The van der Waals surface area contributed by atoms with Crippen LogP contribution in [0.3, 0.4) is 0 Å². The van der Waals surface area contributed by atoms with Crippen molar-refractivity contribution in [1.82, 2.24) is 0 Å². The van der Waals surface area contributed by atoms with Gasteiger partial charge in [0.15, 0.2) is 0 Å². The van der Waals surface area contributed by atoms with E-state index < -0.39 is 0 Å². The summed E-state index contributed by atoms with van der Waals surface area (Å²) < 4.78 is 0. The van der Waals surface area contributed by atoms with Crippen molar-refractivity contribution < 1.29 is 4.79 Å². The van der Waals surface area contributed by atoms with Gasteiger partial charge in [-0.2, -0.15) is 0 Å². The van der Waals surface area contributed by atoms with E-state index in [1.807, 2.05) is 0 Å². The Kier molecular flexibility index (Phi) is 3.31. The average Bonchev–Trinajstić information content (AvgIpc) is 2.06. The molecule has 2 nitrogen and oxygen atoms in total. The Morgan fingerprint density at radius 1 is 1.45 bits per heavy atom. The summed E-state index contributed by atoms with van der Waals surface area (Å²) >= 11 is 0. The third-order valence-corrected chi connectivity index (χ3v) is 2.61. The quantitative estimate of drug-likeness (QED) is 0.442. The van der Waals surface area contributed by atoms with Crippen molar-refractivity contribution in [3.8, 4) is 0 Å². The van der Waals surface area contributed by atoms with Crippen LogP contribution in [0.4, 0.5) is 0 Å². The Bertz CT molecular complexity index is 161. The van der Waals surface area contributed by atoms with E-state index in [0.717, 1.165) is 12.8 Å². The molecule has 0 aromatic carbocycles. The highest BCUT2D eigenvalue weighted by Crippen LogP contribution is 2.28. The molecule has 62 valence electrons. The fourth-order valence-corrected chi connectivity index (χ4v) is 1.90. The topological polar surface area (TPSA) is 29.4 Å². The van der Waals surface area contributed by atoms with Gasteiger partial charge in [0.1, 0.15) is 0 Å². The van der Waals surface area contributed by atoms with Crippen LogP contribution in [0, 0.1) is 5.92 Å². The molecule has 0 spiro atoms. The molecule has 0 heterocycles. The number of hydrogen-bond acceptors (Lipinski definition) is 2. The maximum atomic E-state index is 10.0. The first-order chi connectivity index (χ1) is 5.38. The molecule has 2 heteroatoms. The second-order valence-electron chi connectivity index (χ2n) is 3.24. The SMILES string of the molecule is CC[C@@H]1CCCC[C@H]1N=C=O. The van der Waals surface area contributed by atoms with Crippen LogP contribution in [0.5, 0.6) is 0 Å². The summed E-state index contributed by atoms with van der Waals surface area (Å²) in [5, 5.41) is 0. The molecule has 0 aromatic rings. The van der Waals surface area contributed by atoms with E-state index in [1.165, 1.54) is 19.3 Å².